The van der Waals surface area contributed by atoms with Gasteiger partial charge in [0.25, 0.3) is 0 Å². The minimum atomic E-state index is -4.89. The van der Waals surface area contributed by atoms with Crippen LogP contribution in [-0.4, -0.2) is 23.4 Å². The normalized spacial score (nSPS) is 18.1. The number of aliphatic carboxylic acids is 1. The molecule has 1 heterocycles. The first-order valence-electron chi connectivity index (χ1n) is 5.23. The quantitative estimate of drug-likeness (QED) is 0.811. The Bertz CT molecular complexity index is 656. The summed E-state index contributed by atoms with van der Waals surface area (Å²) in [5.74, 6) is 0.314. The molecule has 0 aromatic heterocycles. The molecule has 1 aliphatic rings. The second kappa shape index (κ2) is 4.76. The SMILES string of the molecule is C#Cc1ccc2c(c1)C(Cl)=C(C(=O)O)[C@H](C(F)(F)F)O2. The number of halogens is 4. The molecule has 0 saturated heterocycles. The summed E-state index contributed by atoms with van der Waals surface area (Å²) in [5, 5.41) is 8.40. The van der Waals surface area contributed by atoms with Gasteiger partial charge in [-0.05, 0) is 18.2 Å². The molecular weight excluding hydrogens is 297 g/mol. The topological polar surface area (TPSA) is 46.5 Å². The Balaban J connectivity index is 2.68. The van der Waals surface area contributed by atoms with E-state index < -0.39 is 28.9 Å². The highest BCUT2D eigenvalue weighted by Gasteiger charge is 2.50. The van der Waals surface area contributed by atoms with Crippen molar-refractivity contribution in [3.63, 3.8) is 0 Å². The van der Waals surface area contributed by atoms with Crippen LogP contribution in [0, 0.1) is 12.3 Å². The molecule has 0 spiro atoms. The van der Waals surface area contributed by atoms with Crippen molar-refractivity contribution in [1.29, 1.82) is 0 Å². The Labute approximate surface area is 116 Å². The van der Waals surface area contributed by atoms with Crippen molar-refractivity contribution in [2.45, 2.75) is 12.3 Å². The van der Waals surface area contributed by atoms with E-state index in [1.54, 1.807) is 0 Å². The predicted molar refractivity (Wildman–Crippen MR) is 65.3 cm³/mol. The van der Waals surface area contributed by atoms with Crippen LogP contribution in [-0.2, 0) is 4.79 Å². The van der Waals surface area contributed by atoms with Gasteiger partial charge in [-0.25, -0.2) is 4.79 Å². The number of carboxylic acids is 1. The number of ether oxygens (including phenoxy) is 1. The van der Waals surface area contributed by atoms with Gasteiger partial charge >= 0.3 is 12.1 Å². The third kappa shape index (κ3) is 2.32. The van der Waals surface area contributed by atoms with Crippen LogP contribution >= 0.6 is 11.6 Å². The smallest absolute Gasteiger partial charge is 0.430 e. The molecule has 20 heavy (non-hydrogen) atoms. The second-order valence-corrected chi connectivity index (χ2v) is 4.31. The average Bonchev–Trinajstić information content (AvgIpc) is 2.36. The lowest BCUT2D eigenvalue weighted by Gasteiger charge is -2.28. The standard InChI is InChI=1S/C13H6ClF3O3/c1-2-6-3-4-8-7(5-6)10(14)9(12(18)19)11(20-8)13(15,16)17/h1,3-5,11H,(H,18,19)/t11-/m1/s1. The van der Waals surface area contributed by atoms with E-state index in [9.17, 15) is 18.0 Å². The van der Waals surface area contributed by atoms with E-state index in [0.29, 0.717) is 5.56 Å². The maximum atomic E-state index is 12.9. The molecule has 104 valence electrons. The zero-order valence-corrected chi connectivity index (χ0v) is 10.4. The van der Waals surface area contributed by atoms with Crippen LogP contribution in [0.1, 0.15) is 11.1 Å². The Hall–Kier alpha value is -2.13. The fraction of sp³-hybridized carbons (Fsp3) is 0.154. The molecule has 0 fully saturated rings. The second-order valence-electron chi connectivity index (χ2n) is 3.93. The average molecular weight is 303 g/mol. The third-order valence-electron chi connectivity index (χ3n) is 2.65. The van der Waals surface area contributed by atoms with Gasteiger partial charge in [-0.1, -0.05) is 17.5 Å². The summed E-state index contributed by atoms with van der Waals surface area (Å²) in [4.78, 5) is 11.0. The van der Waals surface area contributed by atoms with Crippen molar-refractivity contribution in [2.24, 2.45) is 0 Å². The molecule has 0 bridgehead atoms. The van der Waals surface area contributed by atoms with E-state index in [1.165, 1.54) is 18.2 Å². The molecule has 3 nitrogen and oxygen atoms in total. The Kier molecular flexibility index (Phi) is 3.40. The number of carbonyl (C=O) groups is 1. The van der Waals surface area contributed by atoms with Gasteiger partial charge in [0.15, 0.2) is 0 Å². The molecule has 0 amide bonds. The van der Waals surface area contributed by atoms with Crippen molar-refractivity contribution < 1.29 is 27.8 Å². The Morgan fingerprint density at radius 2 is 2.10 bits per heavy atom. The van der Waals surface area contributed by atoms with E-state index in [-0.39, 0.29) is 11.3 Å². The zero-order chi connectivity index (χ0) is 15.1. The summed E-state index contributed by atoms with van der Waals surface area (Å²) >= 11 is 5.79. The van der Waals surface area contributed by atoms with Gasteiger partial charge < -0.3 is 9.84 Å². The maximum absolute atomic E-state index is 12.9. The highest BCUT2D eigenvalue weighted by atomic mass is 35.5. The lowest BCUT2D eigenvalue weighted by Crippen LogP contribution is -2.41. The van der Waals surface area contributed by atoms with Gasteiger partial charge in [0.2, 0.25) is 6.10 Å². The highest BCUT2D eigenvalue weighted by molar-refractivity contribution is 6.51. The monoisotopic (exact) mass is 302 g/mol. The van der Waals surface area contributed by atoms with Gasteiger partial charge in [0.05, 0.1) is 5.03 Å². The van der Waals surface area contributed by atoms with Gasteiger partial charge in [-0.15, -0.1) is 6.42 Å². The fourth-order valence-corrected chi connectivity index (χ4v) is 2.10. The largest absolute Gasteiger partial charge is 0.478 e. The maximum Gasteiger partial charge on any atom is 0.430 e. The number of rotatable bonds is 1. The first-order valence-corrected chi connectivity index (χ1v) is 5.61. The minimum Gasteiger partial charge on any atom is -0.478 e. The molecule has 0 radical (unpaired) electrons. The van der Waals surface area contributed by atoms with Gasteiger partial charge in [0.1, 0.15) is 11.3 Å². The predicted octanol–water partition coefficient (Wildman–Crippen LogP) is 3.03. The number of fused-ring (bicyclic) bond motifs is 1. The summed E-state index contributed by atoms with van der Waals surface area (Å²) in [5.41, 5.74) is -0.679. The summed E-state index contributed by atoms with van der Waals surface area (Å²) in [7, 11) is 0. The van der Waals surface area contributed by atoms with E-state index >= 15 is 0 Å². The Morgan fingerprint density at radius 3 is 2.60 bits per heavy atom. The first kappa shape index (κ1) is 14.3. The zero-order valence-electron chi connectivity index (χ0n) is 9.66. The molecular formula is C13H6ClF3O3. The van der Waals surface area contributed by atoms with E-state index in [4.69, 9.17) is 27.9 Å². The van der Waals surface area contributed by atoms with Crippen LogP contribution in [0.3, 0.4) is 0 Å². The lowest BCUT2D eigenvalue weighted by molar-refractivity contribution is -0.187. The molecule has 1 aromatic rings. The van der Waals surface area contributed by atoms with E-state index in [0.717, 1.165) is 0 Å². The molecule has 1 N–H and O–H groups in total. The Morgan fingerprint density at radius 1 is 1.45 bits per heavy atom. The molecule has 0 aliphatic carbocycles. The molecule has 7 heteroatoms. The van der Waals surface area contributed by atoms with E-state index in [1.807, 2.05) is 0 Å². The van der Waals surface area contributed by atoms with Gasteiger partial charge in [-0.3, -0.25) is 0 Å². The minimum absolute atomic E-state index is 0.0278. The number of hydrogen-bond donors (Lipinski definition) is 1. The van der Waals surface area contributed by atoms with Crippen molar-refractivity contribution in [3.8, 4) is 18.1 Å². The van der Waals surface area contributed by atoms with Crippen molar-refractivity contribution in [2.75, 3.05) is 0 Å². The summed E-state index contributed by atoms with van der Waals surface area (Å²) in [6.45, 7) is 0. The van der Waals surface area contributed by atoms with Crippen LogP contribution in [0.25, 0.3) is 5.03 Å². The van der Waals surface area contributed by atoms with Crippen LogP contribution < -0.4 is 4.74 Å². The lowest BCUT2D eigenvalue weighted by atomic mass is 9.99. The molecule has 1 aliphatic heterocycles. The summed E-state index contributed by atoms with van der Waals surface area (Å²) in [6.07, 6.45) is -2.33. The molecule has 0 unspecified atom stereocenters. The molecule has 1 atom stereocenters. The van der Waals surface area contributed by atoms with Crippen molar-refractivity contribution in [1.82, 2.24) is 0 Å². The first-order chi connectivity index (χ1) is 9.25. The number of alkyl halides is 3. The summed E-state index contributed by atoms with van der Waals surface area (Å²) in [6, 6.07) is 3.90. The van der Waals surface area contributed by atoms with E-state index in [2.05, 4.69) is 5.92 Å². The molecule has 1 aromatic carbocycles. The number of carboxylic acid groups (broad SMARTS) is 1. The van der Waals surface area contributed by atoms with Gasteiger partial charge in [0, 0.05) is 11.1 Å². The van der Waals surface area contributed by atoms with Crippen molar-refractivity contribution >= 4 is 22.6 Å². The summed E-state index contributed by atoms with van der Waals surface area (Å²) < 4.78 is 43.3. The third-order valence-corrected chi connectivity index (χ3v) is 3.06. The molecule has 2 rings (SSSR count). The van der Waals surface area contributed by atoms with Crippen LogP contribution in [0.5, 0.6) is 5.75 Å². The fourth-order valence-electron chi connectivity index (χ4n) is 1.78. The number of terminal acetylenes is 1. The molecule has 0 saturated carbocycles. The van der Waals surface area contributed by atoms with Crippen LogP contribution in [0.4, 0.5) is 13.2 Å². The number of hydrogen-bond acceptors (Lipinski definition) is 2. The van der Waals surface area contributed by atoms with Crippen LogP contribution in [0.2, 0.25) is 0 Å². The van der Waals surface area contributed by atoms with Crippen molar-refractivity contribution in [3.05, 3.63) is 34.9 Å². The van der Waals surface area contributed by atoms with Crippen LogP contribution in [0.15, 0.2) is 23.8 Å². The highest BCUT2D eigenvalue weighted by Crippen LogP contribution is 2.43. The van der Waals surface area contributed by atoms with Gasteiger partial charge in [-0.2, -0.15) is 13.2 Å². The number of benzene rings is 1.